The predicted octanol–water partition coefficient (Wildman–Crippen LogP) is 5.46. The maximum absolute atomic E-state index is 11.0. The molecule has 8 N–H and O–H groups in total. The van der Waals surface area contributed by atoms with E-state index in [2.05, 4.69) is 45.1 Å². The standard InChI is InChI=1S/2C14H12N2O2.2C2H5NS.Fe.H2O/c2*17-15-13(11-7-3-1-4-8-11)14(16-18)12-9-5-2-6-10-12;2*1-2(3)4;;/h2*1-10,17-18H;2*1H3,(H2,3,4);;1H2/q;;;;+2;/p-2/b2*15-13+,16-14+;;;;. The molecule has 0 aliphatic carbocycles. The topological polar surface area (TPSA) is 220 Å². The van der Waals surface area contributed by atoms with E-state index in [1.54, 1.807) is 111 Å². The third kappa shape index (κ3) is 16.2. The van der Waals surface area contributed by atoms with E-state index in [1.165, 1.54) is 0 Å². The third-order valence-corrected chi connectivity index (χ3v) is 5.02. The number of rotatable bonds is 6. The van der Waals surface area contributed by atoms with Gasteiger partial charge < -0.3 is 48.1 Å². The molecule has 14 heteroatoms. The Morgan fingerprint density at radius 1 is 0.500 bits per heavy atom. The van der Waals surface area contributed by atoms with Crippen molar-refractivity contribution in [2.45, 2.75) is 13.8 Å². The van der Waals surface area contributed by atoms with Gasteiger partial charge in [-0.3, -0.25) is 0 Å². The van der Waals surface area contributed by atoms with Crippen LogP contribution in [0.4, 0.5) is 0 Å². The molecule has 242 valence electrons. The van der Waals surface area contributed by atoms with Gasteiger partial charge in [0.05, 0.1) is 21.4 Å². The van der Waals surface area contributed by atoms with Gasteiger partial charge in [0.2, 0.25) is 0 Å². The molecule has 46 heavy (non-hydrogen) atoms. The van der Waals surface area contributed by atoms with Gasteiger partial charge in [0.25, 0.3) is 0 Å². The minimum atomic E-state index is 0. The van der Waals surface area contributed by atoms with Gasteiger partial charge in [-0.05, 0) is 13.8 Å². The van der Waals surface area contributed by atoms with Crippen LogP contribution in [0.15, 0.2) is 142 Å². The Hall–Kier alpha value is -4.98. The molecule has 0 heterocycles. The van der Waals surface area contributed by atoms with Gasteiger partial charge in [0, 0.05) is 22.3 Å². The zero-order valence-corrected chi connectivity index (χ0v) is 27.6. The SMILES string of the molecule is CC(N)=S.CC(N)=S.O.[Fe+2].[O-]/N=C(/C(=N/O)c1ccccc1)c1ccccc1.[O-]/N=C(/C(=N/O)c1ccccc1)c1ccccc1. The molecule has 0 radical (unpaired) electrons. The summed E-state index contributed by atoms with van der Waals surface area (Å²) in [7, 11) is 0. The Balaban J connectivity index is 0. The van der Waals surface area contributed by atoms with Crippen LogP contribution in [-0.2, 0) is 17.1 Å². The first-order chi connectivity index (χ1) is 21.2. The average Bonchev–Trinajstić information content (AvgIpc) is 3.04. The van der Waals surface area contributed by atoms with Crippen LogP contribution >= 0.6 is 24.4 Å². The van der Waals surface area contributed by atoms with Gasteiger partial charge in [-0.15, -0.1) is 0 Å². The van der Waals surface area contributed by atoms with Gasteiger partial charge >= 0.3 is 17.1 Å². The molecule has 4 aromatic carbocycles. The minimum Gasteiger partial charge on any atom is -0.791 e. The van der Waals surface area contributed by atoms with E-state index in [-0.39, 0.29) is 45.4 Å². The van der Waals surface area contributed by atoms with Crippen molar-refractivity contribution in [3.63, 3.8) is 0 Å². The molecule has 0 unspecified atom stereocenters. The summed E-state index contributed by atoms with van der Waals surface area (Å²) in [5.41, 5.74) is 12.7. The fourth-order valence-corrected chi connectivity index (χ4v) is 3.33. The first-order valence-electron chi connectivity index (χ1n) is 12.8. The van der Waals surface area contributed by atoms with E-state index in [9.17, 15) is 10.4 Å². The maximum Gasteiger partial charge on any atom is 2.00 e. The number of thiocarbonyl (C=S) groups is 2. The normalized spacial score (nSPS) is 10.8. The van der Waals surface area contributed by atoms with Gasteiger partial charge in [-0.25, -0.2) is 0 Å². The number of oxime groups is 2. The summed E-state index contributed by atoms with van der Waals surface area (Å²) >= 11 is 8.63. The fraction of sp³-hybridized carbons (Fsp3) is 0.0625. The van der Waals surface area contributed by atoms with Crippen LogP contribution < -0.4 is 11.5 Å². The number of hydrogen-bond donors (Lipinski definition) is 4. The van der Waals surface area contributed by atoms with E-state index in [4.69, 9.17) is 21.9 Å². The summed E-state index contributed by atoms with van der Waals surface area (Å²) in [5, 5.41) is 52.6. The minimum absolute atomic E-state index is 0. The first kappa shape index (κ1) is 43.1. The summed E-state index contributed by atoms with van der Waals surface area (Å²) in [6.07, 6.45) is 0. The molecular formula is C32H34FeN6O5S2. The Labute approximate surface area is 289 Å². The van der Waals surface area contributed by atoms with Gasteiger partial charge in [-0.2, -0.15) is 0 Å². The van der Waals surface area contributed by atoms with Crippen molar-refractivity contribution in [3.8, 4) is 0 Å². The molecule has 0 fully saturated rings. The molecular weight excluding hydrogens is 668 g/mol. The molecule has 0 aromatic heterocycles. The van der Waals surface area contributed by atoms with E-state index >= 15 is 0 Å². The summed E-state index contributed by atoms with van der Waals surface area (Å²) in [6.45, 7) is 3.35. The van der Waals surface area contributed by atoms with E-state index in [0.717, 1.165) is 0 Å². The number of benzene rings is 4. The van der Waals surface area contributed by atoms with Crippen molar-refractivity contribution in [3.05, 3.63) is 154 Å². The molecule has 0 bridgehead atoms. The van der Waals surface area contributed by atoms with Crippen molar-refractivity contribution in [1.29, 1.82) is 0 Å². The molecule has 0 aliphatic heterocycles. The van der Waals surface area contributed by atoms with Crippen molar-refractivity contribution < 1.29 is 33.0 Å². The molecule has 0 saturated carbocycles. The largest absolute Gasteiger partial charge is 2.00 e. The molecule has 0 aliphatic rings. The van der Waals surface area contributed by atoms with Gasteiger partial charge in [0.15, 0.2) is 0 Å². The fourth-order valence-electron chi connectivity index (χ4n) is 3.33. The quantitative estimate of drug-likeness (QED) is 0.0663. The van der Waals surface area contributed by atoms with Crippen molar-refractivity contribution in [2.75, 3.05) is 0 Å². The second-order valence-corrected chi connectivity index (χ2v) is 9.75. The zero-order chi connectivity index (χ0) is 32.7. The molecule has 11 nitrogen and oxygen atoms in total. The van der Waals surface area contributed by atoms with Crippen LogP contribution in [-0.4, -0.2) is 48.7 Å². The van der Waals surface area contributed by atoms with E-state index < -0.39 is 0 Å². The molecule has 0 spiro atoms. The predicted molar refractivity (Wildman–Crippen MR) is 191 cm³/mol. The van der Waals surface area contributed by atoms with Crippen LogP contribution in [0.2, 0.25) is 0 Å². The molecule has 0 amide bonds. The van der Waals surface area contributed by atoms with Gasteiger partial charge in [0.1, 0.15) is 11.4 Å². The third-order valence-electron chi connectivity index (χ3n) is 5.02. The smallest absolute Gasteiger partial charge is 0.791 e. The second-order valence-electron chi connectivity index (χ2n) is 8.46. The van der Waals surface area contributed by atoms with E-state index in [0.29, 0.717) is 32.2 Å². The van der Waals surface area contributed by atoms with Gasteiger partial charge in [-0.1, -0.05) is 156 Å². The first-order valence-corrected chi connectivity index (χ1v) is 13.6. The monoisotopic (exact) mass is 702 g/mol. The number of nitrogens with zero attached hydrogens (tertiary/aromatic N) is 4. The van der Waals surface area contributed by atoms with Crippen LogP contribution in [0.3, 0.4) is 0 Å². The Kier molecular flexibility index (Phi) is 23.8. The summed E-state index contributed by atoms with van der Waals surface area (Å²) < 4.78 is 0. The van der Waals surface area contributed by atoms with Crippen molar-refractivity contribution >= 4 is 57.3 Å². The molecule has 0 saturated heterocycles. The summed E-state index contributed by atoms with van der Waals surface area (Å²) in [4.78, 5) is 1.00. The molecule has 4 aromatic rings. The Morgan fingerprint density at radius 3 is 0.826 bits per heavy atom. The summed E-state index contributed by atoms with van der Waals surface area (Å²) in [6, 6.07) is 35.7. The Bertz CT molecular complexity index is 1330. The zero-order valence-electron chi connectivity index (χ0n) is 24.9. The van der Waals surface area contributed by atoms with Crippen molar-refractivity contribution in [2.24, 2.45) is 32.1 Å². The maximum atomic E-state index is 11.0. The average molecular weight is 703 g/mol. The van der Waals surface area contributed by atoms with Crippen molar-refractivity contribution in [1.82, 2.24) is 0 Å². The Morgan fingerprint density at radius 2 is 0.674 bits per heavy atom. The van der Waals surface area contributed by atoms with Crippen LogP contribution in [0, 0.1) is 10.4 Å². The molecule has 4 rings (SSSR count). The second kappa shape index (κ2) is 25.4. The van der Waals surface area contributed by atoms with E-state index in [1.807, 2.05) is 24.3 Å². The van der Waals surface area contributed by atoms with Crippen LogP contribution in [0.5, 0.6) is 0 Å². The van der Waals surface area contributed by atoms with Crippen LogP contribution in [0.1, 0.15) is 36.1 Å². The van der Waals surface area contributed by atoms with Crippen LogP contribution in [0.25, 0.3) is 0 Å². The number of hydrogen-bond acceptors (Lipinski definition) is 10. The number of nitrogens with two attached hydrogens (primary N) is 2. The summed E-state index contributed by atoms with van der Waals surface area (Å²) in [5.74, 6) is 0. The molecule has 0 atom stereocenters.